The van der Waals surface area contributed by atoms with E-state index in [1.54, 1.807) is 11.7 Å². The molecule has 0 saturated heterocycles. The van der Waals surface area contributed by atoms with Gasteiger partial charge in [0.05, 0.1) is 4.92 Å². The molecular weight excluding hydrogens is 256 g/mol. The third-order valence-corrected chi connectivity index (χ3v) is 4.56. The van der Waals surface area contributed by atoms with Crippen LogP contribution in [0.3, 0.4) is 0 Å². The van der Waals surface area contributed by atoms with Gasteiger partial charge in [0.15, 0.2) is 0 Å². The summed E-state index contributed by atoms with van der Waals surface area (Å²) in [5.74, 6) is 0.554. The summed E-state index contributed by atoms with van der Waals surface area (Å²) in [7, 11) is 1.77. The molecule has 1 heterocycles. The highest BCUT2D eigenvalue weighted by molar-refractivity contribution is 5.60. The van der Waals surface area contributed by atoms with Gasteiger partial charge in [-0.3, -0.25) is 10.1 Å². The third-order valence-electron chi connectivity index (χ3n) is 4.56. The molecule has 1 saturated carbocycles. The lowest BCUT2D eigenvalue weighted by Crippen LogP contribution is -2.36. The number of hydrogen-bond donors (Lipinski definition) is 1. The Balaban J connectivity index is 2.19. The van der Waals surface area contributed by atoms with Crippen LogP contribution in [0.4, 0.5) is 11.5 Å². The molecule has 0 atom stereocenters. The van der Waals surface area contributed by atoms with Gasteiger partial charge in [0.25, 0.3) is 0 Å². The zero-order valence-corrected chi connectivity index (χ0v) is 12.6. The van der Waals surface area contributed by atoms with E-state index in [2.05, 4.69) is 17.3 Å². The van der Waals surface area contributed by atoms with E-state index in [1.165, 1.54) is 19.3 Å². The van der Waals surface area contributed by atoms with Gasteiger partial charge < -0.3 is 5.32 Å². The number of hydrogen-bond acceptors (Lipinski definition) is 4. The lowest BCUT2D eigenvalue weighted by molar-refractivity contribution is -0.384. The van der Waals surface area contributed by atoms with E-state index in [0.29, 0.717) is 23.3 Å². The van der Waals surface area contributed by atoms with Crippen LogP contribution < -0.4 is 5.32 Å². The summed E-state index contributed by atoms with van der Waals surface area (Å²) >= 11 is 0. The van der Waals surface area contributed by atoms with Gasteiger partial charge in [0.2, 0.25) is 5.82 Å². The average Bonchev–Trinajstić information content (AvgIpc) is 2.65. The van der Waals surface area contributed by atoms with Crippen LogP contribution in [0.2, 0.25) is 0 Å². The summed E-state index contributed by atoms with van der Waals surface area (Å²) in [6.45, 7) is 5.00. The number of nitrogens with zero attached hydrogens (tertiary/aromatic N) is 3. The maximum absolute atomic E-state index is 11.3. The molecule has 112 valence electrons. The minimum atomic E-state index is -0.306. The minimum Gasteiger partial charge on any atom is -0.364 e. The Kier molecular flexibility index (Phi) is 4.30. The second-order valence-corrected chi connectivity index (χ2v) is 5.84. The molecule has 2 rings (SSSR count). The maximum atomic E-state index is 11.3. The number of anilines is 1. The summed E-state index contributed by atoms with van der Waals surface area (Å²) < 4.78 is 1.62. The van der Waals surface area contributed by atoms with Crippen molar-refractivity contribution in [3.8, 4) is 0 Å². The van der Waals surface area contributed by atoms with Crippen LogP contribution in [0, 0.1) is 15.5 Å². The van der Waals surface area contributed by atoms with Crippen LogP contribution in [0.5, 0.6) is 0 Å². The molecule has 0 spiro atoms. The van der Waals surface area contributed by atoms with Crippen molar-refractivity contribution in [2.75, 3.05) is 11.9 Å². The summed E-state index contributed by atoms with van der Waals surface area (Å²) in [5.41, 5.74) is 1.06. The fourth-order valence-electron chi connectivity index (χ4n) is 2.97. The smallest absolute Gasteiger partial charge is 0.333 e. The van der Waals surface area contributed by atoms with Crippen LogP contribution >= 0.6 is 0 Å². The molecule has 0 radical (unpaired) electrons. The summed E-state index contributed by atoms with van der Waals surface area (Å²) in [6, 6.07) is 0. The van der Waals surface area contributed by atoms with Crippen molar-refractivity contribution in [2.45, 2.75) is 52.4 Å². The highest BCUT2D eigenvalue weighted by Crippen LogP contribution is 2.44. The number of rotatable bonds is 7. The van der Waals surface area contributed by atoms with Crippen LogP contribution in [-0.2, 0) is 13.5 Å². The van der Waals surface area contributed by atoms with Crippen molar-refractivity contribution < 1.29 is 4.92 Å². The molecule has 0 aliphatic heterocycles. The number of aromatic nitrogens is 2. The lowest BCUT2D eigenvalue weighted by atomic mass is 9.67. The number of aryl methyl sites for hydroxylation is 2. The zero-order valence-electron chi connectivity index (χ0n) is 12.6. The maximum Gasteiger partial charge on any atom is 0.333 e. The van der Waals surface area contributed by atoms with Gasteiger partial charge in [-0.25, -0.2) is 4.68 Å². The molecule has 0 amide bonds. The standard InChI is InChI=1S/C14H24N4O2/c1-4-7-11-12(18(19)20)13(17(3)16-11)15-10-14(5-2)8-6-9-14/h15H,4-10H2,1-3H3. The molecule has 1 aromatic heterocycles. The molecule has 1 fully saturated rings. The topological polar surface area (TPSA) is 73.0 Å². The van der Waals surface area contributed by atoms with Crippen molar-refractivity contribution in [2.24, 2.45) is 12.5 Å². The Morgan fingerprint density at radius 1 is 1.45 bits per heavy atom. The highest BCUT2D eigenvalue weighted by Gasteiger charge is 2.36. The van der Waals surface area contributed by atoms with Gasteiger partial charge in [0, 0.05) is 13.6 Å². The Labute approximate surface area is 119 Å². The van der Waals surface area contributed by atoms with Gasteiger partial charge in [-0.15, -0.1) is 0 Å². The Morgan fingerprint density at radius 3 is 2.60 bits per heavy atom. The second-order valence-electron chi connectivity index (χ2n) is 5.84. The van der Waals surface area contributed by atoms with Gasteiger partial charge in [-0.2, -0.15) is 5.10 Å². The Bertz CT molecular complexity index is 486. The predicted octanol–water partition coefficient (Wildman–Crippen LogP) is 3.27. The van der Waals surface area contributed by atoms with Crippen molar-refractivity contribution in [3.63, 3.8) is 0 Å². The van der Waals surface area contributed by atoms with Gasteiger partial charge in [0.1, 0.15) is 5.69 Å². The molecule has 0 aromatic carbocycles. The molecule has 1 aliphatic rings. The monoisotopic (exact) mass is 280 g/mol. The largest absolute Gasteiger partial charge is 0.364 e. The summed E-state index contributed by atoms with van der Waals surface area (Å²) in [6.07, 6.45) is 6.31. The Hall–Kier alpha value is -1.59. The Morgan fingerprint density at radius 2 is 2.15 bits per heavy atom. The summed E-state index contributed by atoms with van der Waals surface area (Å²) in [5, 5.41) is 18.9. The molecule has 1 aromatic rings. The average molecular weight is 280 g/mol. The first-order chi connectivity index (χ1) is 9.53. The van der Waals surface area contributed by atoms with E-state index < -0.39 is 0 Å². The van der Waals surface area contributed by atoms with Gasteiger partial charge >= 0.3 is 5.69 Å². The van der Waals surface area contributed by atoms with Crippen molar-refractivity contribution in [3.05, 3.63) is 15.8 Å². The van der Waals surface area contributed by atoms with Gasteiger partial charge in [-0.1, -0.05) is 26.7 Å². The SMILES string of the molecule is CCCc1nn(C)c(NCC2(CC)CCC2)c1[N+](=O)[O-]. The molecule has 1 N–H and O–H groups in total. The molecule has 6 nitrogen and oxygen atoms in total. The van der Waals surface area contributed by atoms with Crippen molar-refractivity contribution in [1.82, 2.24) is 9.78 Å². The molecule has 20 heavy (non-hydrogen) atoms. The quantitative estimate of drug-likeness (QED) is 0.614. The van der Waals surface area contributed by atoms with E-state index in [9.17, 15) is 10.1 Å². The normalized spacial score (nSPS) is 16.8. The lowest BCUT2D eigenvalue weighted by Gasteiger charge is -2.41. The molecule has 0 bridgehead atoms. The molecular formula is C14H24N4O2. The first-order valence-corrected chi connectivity index (χ1v) is 7.47. The first-order valence-electron chi connectivity index (χ1n) is 7.47. The number of nitrogens with one attached hydrogen (secondary N) is 1. The summed E-state index contributed by atoms with van der Waals surface area (Å²) in [4.78, 5) is 11.0. The first kappa shape index (κ1) is 14.8. The van der Waals surface area contributed by atoms with E-state index in [4.69, 9.17) is 0 Å². The fourth-order valence-corrected chi connectivity index (χ4v) is 2.97. The predicted molar refractivity (Wildman–Crippen MR) is 78.9 cm³/mol. The third kappa shape index (κ3) is 2.64. The minimum absolute atomic E-state index is 0.153. The van der Waals surface area contributed by atoms with E-state index in [0.717, 1.165) is 19.4 Å². The molecule has 1 aliphatic carbocycles. The van der Waals surface area contributed by atoms with Crippen LogP contribution in [0.1, 0.15) is 51.6 Å². The molecule has 6 heteroatoms. The molecule has 0 unspecified atom stereocenters. The number of nitro groups is 1. The second kappa shape index (κ2) is 5.81. The van der Waals surface area contributed by atoms with E-state index >= 15 is 0 Å². The van der Waals surface area contributed by atoms with E-state index in [-0.39, 0.29) is 10.6 Å². The van der Waals surface area contributed by atoms with Gasteiger partial charge in [-0.05, 0) is 31.1 Å². The van der Waals surface area contributed by atoms with Crippen molar-refractivity contribution >= 4 is 11.5 Å². The van der Waals surface area contributed by atoms with Crippen molar-refractivity contribution in [1.29, 1.82) is 0 Å². The van der Waals surface area contributed by atoms with Crippen LogP contribution in [0.25, 0.3) is 0 Å². The highest BCUT2D eigenvalue weighted by atomic mass is 16.6. The fraction of sp³-hybridized carbons (Fsp3) is 0.786. The van der Waals surface area contributed by atoms with Crippen LogP contribution in [0.15, 0.2) is 0 Å². The van der Waals surface area contributed by atoms with Crippen LogP contribution in [-0.4, -0.2) is 21.2 Å². The zero-order chi connectivity index (χ0) is 14.8. The van der Waals surface area contributed by atoms with E-state index in [1.807, 2.05) is 6.92 Å².